The molecular formula is C20H25NO3. The zero-order chi connectivity index (χ0) is 16.7. The maximum absolute atomic E-state index is 12.8. The Kier molecular flexibility index (Phi) is 4.07. The highest BCUT2D eigenvalue weighted by Crippen LogP contribution is 2.49. The van der Waals surface area contributed by atoms with E-state index in [1.54, 1.807) is 24.3 Å². The first-order valence-corrected chi connectivity index (χ1v) is 9.24. The van der Waals surface area contributed by atoms with Gasteiger partial charge in [0.1, 0.15) is 5.75 Å². The minimum Gasteiger partial charge on any atom is -0.508 e. The van der Waals surface area contributed by atoms with Crippen molar-refractivity contribution in [3.05, 3.63) is 29.8 Å². The standard InChI is InChI=1S/C20H25NO3/c22-17-5-3-14(4-6-17)19(23)15-7-9-21(10-8-15)20(24)18-12-13-1-2-16(18)11-13/h3-6,13,15-16,18,22H,1-2,7-12H2/t13-,16-,18+/m0/s1. The van der Waals surface area contributed by atoms with Crippen LogP contribution in [0.2, 0.25) is 0 Å². The van der Waals surface area contributed by atoms with E-state index in [4.69, 9.17) is 0 Å². The molecule has 1 aliphatic heterocycles. The number of phenolic OH excluding ortho intramolecular Hbond substituents is 1. The van der Waals surface area contributed by atoms with Gasteiger partial charge in [-0.1, -0.05) is 6.42 Å². The van der Waals surface area contributed by atoms with Gasteiger partial charge in [0, 0.05) is 30.5 Å². The summed E-state index contributed by atoms with van der Waals surface area (Å²) in [6.45, 7) is 1.42. The van der Waals surface area contributed by atoms with Gasteiger partial charge >= 0.3 is 0 Å². The van der Waals surface area contributed by atoms with Crippen LogP contribution in [-0.4, -0.2) is 34.8 Å². The minimum absolute atomic E-state index is 0.00128. The normalized spacial score (nSPS) is 29.8. The Balaban J connectivity index is 1.34. The second-order valence-electron chi connectivity index (χ2n) is 7.79. The van der Waals surface area contributed by atoms with E-state index in [9.17, 15) is 14.7 Å². The number of amides is 1. The molecule has 2 saturated carbocycles. The third-order valence-corrected chi connectivity index (χ3v) is 6.38. The van der Waals surface area contributed by atoms with E-state index >= 15 is 0 Å². The van der Waals surface area contributed by atoms with E-state index in [-0.39, 0.29) is 23.4 Å². The molecule has 1 aromatic rings. The van der Waals surface area contributed by atoms with Crippen LogP contribution in [0.5, 0.6) is 5.75 Å². The van der Waals surface area contributed by atoms with Crippen LogP contribution in [0.25, 0.3) is 0 Å². The number of likely N-dealkylation sites (tertiary alicyclic amines) is 1. The number of phenols is 1. The maximum atomic E-state index is 12.8. The van der Waals surface area contributed by atoms with Crippen molar-refractivity contribution in [2.24, 2.45) is 23.7 Å². The Hall–Kier alpha value is -1.84. The Morgan fingerprint density at radius 2 is 1.67 bits per heavy atom. The van der Waals surface area contributed by atoms with Crippen molar-refractivity contribution in [3.63, 3.8) is 0 Å². The number of carbonyl (C=O) groups excluding carboxylic acids is 2. The Labute approximate surface area is 142 Å². The molecule has 24 heavy (non-hydrogen) atoms. The maximum Gasteiger partial charge on any atom is 0.225 e. The number of carbonyl (C=O) groups is 2. The second kappa shape index (κ2) is 6.23. The summed E-state index contributed by atoms with van der Waals surface area (Å²) in [5.41, 5.74) is 0.658. The minimum atomic E-state index is -0.00128. The van der Waals surface area contributed by atoms with Crippen LogP contribution in [0.3, 0.4) is 0 Å². The Morgan fingerprint density at radius 3 is 2.25 bits per heavy atom. The summed E-state index contributed by atoms with van der Waals surface area (Å²) < 4.78 is 0. The molecule has 4 heteroatoms. The van der Waals surface area contributed by atoms with Gasteiger partial charge in [-0.25, -0.2) is 0 Å². The molecule has 0 spiro atoms. The lowest BCUT2D eigenvalue weighted by Crippen LogP contribution is -2.44. The van der Waals surface area contributed by atoms with E-state index in [1.807, 2.05) is 4.90 Å². The fourth-order valence-corrected chi connectivity index (χ4v) is 5.01. The van der Waals surface area contributed by atoms with Crippen LogP contribution in [-0.2, 0) is 4.79 Å². The molecule has 1 saturated heterocycles. The average molecular weight is 327 g/mol. The van der Waals surface area contributed by atoms with E-state index in [0.717, 1.165) is 25.2 Å². The molecule has 1 heterocycles. The topological polar surface area (TPSA) is 57.6 Å². The fourth-order valence-electron chi connectivity index (χ4n) is 5.01. The summed E-state index contributed by atoms with van der Waals surface area (Å²) in [7, 11) is 0. The number of benzene rings is 1. The average Bonchev–Trinajstić information content (AvgIpc) is 3.25. The van der Waals surface area contributed by atoms with Gasteiger partial charge in [0.2, 0.25) is 5.91 Å². The number of rotatable bonds is 3. The van der Waals surface area contributed by atoms with Crippen molar-refractivity contribution < 1.29 is 14.7 Å². The summed E-state index contributed by atoms with van der Waals surface area (Å²) in [6, 6.07) is 6.48. The molecule has 3 fully saturated rings. The van der Waals surface area contributed by atoms with Gasteiger partial charge in [0.05, 0.1) is 0 Å². The molecule has 4 nitrogen and oxygen atoms in total. The first kappa shape index (κ1) is 15.7. The number of hydrogen-bond donors (Lipinski definition) is 1. The molecule has 4 rings (SSSR count). The molecule has 2 bridgehead atoms. The van der Waals surface area contributed by atoms with Crippen molar-refractivity contribution in [1.29, 1.82) is 0 Å². The number of ketones is 1. The van der Waals surface area contributed by atoms with Crippen LogP contribution in [0.4, 0.5) is 0 Å². The van der Waals surface area contributed by atoms with Gasteiger partial charge in [-0.2, -0.15) is 0 Å². The SMILES string of the molecule is O=C(c1ccc(O)cc1)C1CCN(C(=O)[C@@H]2C[C@H]3CC[C@H]2C3)CC1. The van der Waals surface area contributed by atoms with Crippen molar-refractivity contribution in [2.45, 2.75) is 38.5 Å². The number of aromatic hydroxyl groups is 1. The van der Waals surface area contributed by atoms with E-state index in [1.165, 1.54) is 19.3 Å². The molecule has 3 aliphatic rings. The number of fused-ring (bicyclic) bond motifs is 2. The van der Waals surface area contributed by atoms with Crippen LogP contribution < -0.4 is 0 Å². The van der Waals surface area contributed by atoms with E-state index in [2.05, 4.69) is 0 Å². The molecular weight excluding hydrogens is 302 g/mol. The summed E-state index contributed by atoms with van der Waals surface area (Å²) >= 11 is 0. The molecule has 0 unspecified atom stereocenters. The number of nitrogens with zero attached hydrogens (tertiary/aromatic N) is 1. The first-order chi connectivity index (χ1) is 11.6. The zero-order valence-electron chi connectivity index (χ0n) is 14.0. The molecule has 1 aromatic carbocycles. The Bertz CT molecular complexity index is 631. The predicted molar refractivity (Wildman–Crippen MR) is 90.7 cm³/mol. The van der Waals surface area contributed by atoms with Gasteiger partial charge < -0.3 is 10.0 Å². The van der Waals surface area contributed by atoms with Crippen molar-refractivity contribution >= 4 is 11.7 Å². The lowest BCUT2D eigenvalue weighted by atomic mass is 9.85. The lowest BCUT2D eigenvalue weighted by molar-refractivity contribution is -0.138. The Morgan fingerprint density at radius 1 is 0.958 bits per heavy atom. The monoisotopic (exact) mass is 327 g/mol. The lowest BCUT2D eigenvalue weighted by Gasteiger charge is -2.35. The van der Waals surface area contributed by atoms with E-state index in [0.29, 0.717) is 30.5 Å². The van der Waals surface area contributed by atoms with Crippen molar-refractivity contribution in [2.75, 3.05) is 13.1 Å². The van der Waals surface area contributed by atoms with Crippen LogP contribution in [0.15, 0.2) is 24.3 Å². The summed E-state index contributed by atoms with van der Waals surface area (Å²) in [5, 5.41) is 9.34. The van der Waals surface area contributed by atoms with Crippen LogP contribution in [0.1, 0.15) is 48.9 Å². The smallest absolute Gasteiger partial charge is 0.225 e. The molecule has 1 N–H and O–H groups in total. The quantitative estimate of drug-likeness (QED) is 0.867. The molecule has 0 aromatic heterocycles. The van der Waals surface area contributed by atoms with Gasteiger partial charge in [-0.05, 0) is 68.2 Å². The van der Waals surface area contributed by atoms with Crippen molar-refractivity contribution in [3.8, 4) is 5.75 Å². The number of hydrogen-bond acceptors (Lipinski definition) is 3. The van der Waals surface area contributed by atoms with Gasteiger partial charge in [0.15, 0.2) is 5.78 Å². The third-order valence-electron chi connectivity index (χ3n) is 6.38. The molecule has 3 atom stereocenters. The van der Waals surface area contributed by atoms with Crippen molar-refractivity contribution in [1.82, 2.24) is 4.90 Å². The zero-order valence-corrected chi connectivity index (χ0v) is 14.0. The second-order valence-corrected chi connectivity index (χ2v) is 7.79. The molecule has 128 valence electrons. The first-order valence-electron chi connectivity index (χ1n) is 9.24. The largest absolute Gasteiger partial charge is 0.508 e. The third kappa shape index (κ3) is 2.83. The summed E-state index contributed by atoms with van der Waals surface area (Å²) in [6.07, 6.45) is 6.41. The van der Waals surface area contributed by atoms with Gasteiger partial charge in [-0.15, -0.1) is 0 Å². The number of piperidine rings is 1. The predicted octanol–water partition coefficient (Wildman–Crippen LogP) is 3.25. The molecule has 2 aliphatic carbocycles. The summed E-state index contributed by atoms with van der Waals surface area (Å²) in [5.74, 6) is 2.33. The van der Waals surface area contributed by atoms with Gasteiger partial charge in [-0.3, -0.25) is 9.59 Å². The van der Waals surface area contributed by atoms with Gasteiger partial charge in [0.25, 0.3) is 0 Å². The molecule has 0 radical (unpaired) electrons. The van der Waals surface area contributed by atoms with Crippen LogP contribution in [0, 0.1) is 23.7 Å². The van der Waals surface area contributed by atoms with Crippen LogP contribution >= 0.6 is 0 Å². The highest BCUT2D eigenvalue weighted by molar-refractivity contribution is 5.98. The highest BCUT2D eigenvalue weighted by atomic mass is 16.3. The highest BCUT2D eigenvalue weighted by Gasteiger charge is 2.44. The fraction of sp³-hybridized carbons (Fsp3) is 0.600. The number of Topliss-reactive ketones (excluding diaryl/α,β-unsaturated/α-hetero) is 1. The van der Waals surface area contributed by atoms with E-state index < -0.39 is 0 Å². The summed E-state index contributed by atoms with van der Waals surface area (Å²) in [4.78, 5) is 27.4. The molecule has 1 amide bonds.